The monoisotopic (exact) mass is 417 g/mol. The minimum atomic E-state index is -0.238. The van der Waals surface area contributed by atoms with Crippen molar-refractivity contribution < 1.29 is 14.3 Å². The zero-order valence-electron chi connectivity index (χ0n) is 16.1. The van der Waals surface area contributed by atoms with E-state index in [1.165, 1.54) is 6.21 Å². The molecule has 0 atom stereocenters. The fraction of sp³-hybridized carbons (Fsp3) is 0.250. The van der Waals surface area contributed by atoms with Gasteiger partial charge in [0.25, 0.3) is 5.91 Å². The van der Waals surface area contributed by atoms with E-state index in [1.807, 2.05) is 37.3 Å². The number of ether oxygens (including phenoxy) is 2. The van der Waals surface area contributed by atoms with Crippen molar-refractivity contribution in [3.63, 3.8) is 0 Å². The van der Waals surface area contributed by atoms with E-state index in [2.05, 4.69) is 15.5 Å². The summed E-state index contributed by atoms with van der Waals surface area (Å²) < 4.78 is 11.2. The van der Waals surface area contributed by atoms with Crippen LogP contribution in [0.2, 0.25) is 5.02 Å². The van der Waals surface area contributed by atoms with Crippen LogP contribution >= 0.6 is 11.6 Å². The summed E-state index contributed by atoms with van der Waals surface area (Å²) >= 11 is 6.25. The van der Waals surface area contributed by atoms with Crippen LogP contribution in [0.1, 0.15) is 18.1 Å². The highest BCUT2D eigenvalue weighted by atomic mass is 35.5. The van der Waals surface area contributed by atoms with Gasteiger partial charge in [-0.25, -0.2) is 0 Å². The van der Waals surface area contributed by atoms with E-state index in [1.54, 1.807) is 12.1 Å². The predicted octanol–water partition coefficient (Wildman–Crippen LogP) is 2.08. The molecule has 1 amide bonds. The van der Waals surface area contributed by atoms with Crippen molar-refractivity contribution in [2.75, 3.05) is 19.8 Å². The molecule has 0 aromatic heterocycles. The zero-order chi connectivity index (χ0) is 21.1. The fourth-order valence-electron chi connectivity index (χ4n) is 2.37. The lowest BCUT2D eigenvalue weighted by atomic mass is 10.1. The molecule has 29 heavy (non-hydrogen) atoms. The molecule has 0 spiro atoms. The van der Waals surface area contributed by atoms with Gasteiger partial charge >= 0.3 is 0 Å². The van der Waals surface area contributed by atoms with E-state index in [9.17, 15) is 4.79 Å². The Labute approximate surface area is 174 Å². The highest BCUT2D eigenvalue weighted by molar-refractivity contribution is 6.33. The maximum Gasteiger partial charge on any atom is 0.257 e. The first kappa shape index (κ1) is 22.0. The maximum absolute atomic E-state index is 12.1. The molecule has 0 unspecified atom stereocenters. The van der Waals surface area contributed by atoms with Crippen LogP contribution in [0, 0.1) is 0 Å². The summed E-state index contributed by atoms with van der Waals surface area (Å²) in [6, 6.07) is 13.1. The number of halogens is 1. The van der Waals surface area contributed by atoms with Crippen LogP contribution in [0.3, 0.4) is 0 Å². The number of carbonyl (C=O) groups is 1. The van der Waals surface area contributed by atoms with Crippen molar-refractivity contribution in [3.8, 4) is 11.5 Å². The SMILES string of the molecule is CCOc1cc(C=NN=C(N)N)c(Cl)cc1OCC(=O)NCCc1ccccc1. The lowest BCUT2D eigenvalue weighted by molar-refractivity contribution is -0.123. The molecular formula is C20H24ClN5O3. The normalized spacial score (nSPS) is 10.6. The third-order valence-electron chi connectivity index (χ3n) is 3.67. The molecule has 2 aromatic carbocycles. The topological polar surface area (TPSA) is 124 Å². The summed E-state index contributed by atoms with van der Waals surface area (Å²) in [6.45, 7) is 2.60. The lowest BCUT2D eigenvalue weighted by Crippen LogP contribution is -2.30. The lowest BCUT2D eigenvalue weighted by Gasteiger charge is -2.13. The van der Waals surface area contributed by atoms with Gasteiger partial charge in [0.05, 0.1) is 17.8 Å². The zero-order valence-corrected chi connectivity index (χ0v) is 16.9. The number of carbonyl (C=O) groups excluding carboxylic acids is 1. The Morgan fingerprint density at radius 3 is 2.59 bits per heavy atom. The Bertz CT molecular complexity index is 868. The maximum atomic E-state index is 12.1. The van der Waals surface area contributed by atoms with Crippen molar-refractivity contribution in [1.29, 1.82) is 0 Å². The molecule has 5 N–H and O–H groups in total. The quantitative estimate of drug-likeness (QED) is 0.310. The highest BCUT2D eigenvalue weighted by Gasteiger charge is 2.12. The van der Waals surface area contributed by atoms with Gasteiger partial charge in [-0.05, 0) is 25.0 Å². The first-order chi connectivity index (χ1) is 14.0. The Hall–Kier alpha value is -3.26. The van der Waals surface area contributed by atoms with Crippen molar-refractivity contribution in [2.45, 2.75) is 13.3 Å². The standard InChI is InChI=1S/C20H24ClN5O3/c1-2-28-17-10-15(12-25-26-20(22)23)16(21)11-18(17)29-13-19(27)24-9-8-14-6-4-3-5-7-14/h3-7,10-12H,2,8-9,13H2,1H3,(H,24,27)(H4,22,23,26). The van der Waals surface area contributed by atoms with Gasteiger partial charge in [0, 0.05) is 18.2 Å². The molecule has 0 aliphatic carbocycles. The Balaban J connectivity index is 1.96. The summed E-state index contributed by atoms with van der Waals surface area (Å²) in [6.07, 6.45) is 2.14. The molecule has 154 valence electrons. The van der Waals surface area contributed by atoms with Crippen molar-refractivity contribution in [2.24, 2.45) is 21.7 Å². The number of guanidine groups is 1. The van der Waals surface area contributed by atoms with Crippen LogP contribution in [0.5, 0.6) is 11.5 Å². The number of nitrogens with one attached hydrogen (secondary N) is 1. The van der Waals surface area contributed by atoms with Gasteiger partial charge in [-0.2, -0.15) is 5.10 Å². The van der Waals surface area contributed by atoms with Crippen LogP contribution in [-0.2, 0) is 11.2 Å². The van der Waals surface area contributed by atoms with Crippen LogP contribution in [-0.4, -0.2) is 37.8 Å². The van der Waals surface area contributed by atoms with E-state index >= 15 is 0 Å². The number of nitrogens with zero attached hydrogens (tertiary/aromatic N) is 2. The van der Waals surface area contributed by atoms with Crippen LogP contribution in [0.25, 0.3) is 0 Å². The second-order valence-electron chi connectivity index (χ2n) is 5.90. The van der Waals surface area contributed by atoms with Gasteiger partial charge in [0.15, 0.2) is 18.1 Å². The van der Waals surface area contributed by atoms with Gasteiger partial charge in [0.2, 0.25) is 5.96 Å². The molecule has 2 aromatic rings. The van der Waals surface area contributed by atoms with Crippen LogP contribution in [0.4, 0.5) is 0 Å². The van der Waals surface area contributed by atoms with Gasteiger partial charge in [-0.1, -0.05) is 41.9 Å². The van der Waals surface area contributed by atoms with Crippen molar-refractivity contribution >= 4 is 29.7 Å². The number of amides is 1. The fourth-order valence-corrected chi connectivity index (χ4v) is 2.58. The number of rotatable bonds is 10. The van der Waals surface area contributed by atoms with E-state index < -0.39 is 0 Å². The summed E-state index contributed by atoms with van der Waals surface area (Å²) in [5.74, 6) is 0.382. The molecule has 0 saturated carbocycles. The Morgan fingerprint density at radius 1 is 1.17 bits per heavy atom. The van der Waals surface area contributed by atoms with Crippen LogP contribution in [0.15, 0.2) is 52.7 Å². The number of hydrogen-bond acceptors (Lipinski definition) is 5. The van der Waals surface area contributed by atoms with Gasteiger partial charge in [-0.3, -0.25) is 4.79 Å². The molecule has 0 fully saturated rings. The summed E-state index contributed by atoms with van der Waals surface area (Å²) in [5, 5.41) is 10.4. The minimum Gasteiger partial charge on any atom is -0.490 e. The van der Waals surface area contributed by atoms with Gasteiger partial charge in [-0.15, -0.1) is 5.10 Å². The first-order valence-corrected chi connectivity index (χ1v) is 9.39. The van der Waals surface area contributed by atoms with Gasteiger partial charge in [0.1, 0.15) is 0 Å². The largest absolute Gasteiger partial charge is 0.490 e. The molecule has 8 nitrogen and oxygen atoms in total. The highest BCUT2D eigenvalue weighted by Crippen LogP contribution is 2.33. The Morgan fingerprint density at radius 2 is 1.90 bits per heavy atom. The number of nitrogens with two attached hydrogens (primary N) is 2. The first-order valence-electron chi connectivity index (χ1n) is 9.01. The molecule has 0 aliphatic heterocycles. The molecule has 0 bridgehead atoms. The number of benzene rings is 2. The molecule has 0 aliphatic rings. The second kappa shape index (κ2) is 11.6. The van der Waals surface area contributed by atoms with Crippen molar-refractivity contribution in [3.05, 3.63) is 58.6 Å². The average Bonchev–Trinajstić information content (AvgIpc) is 2.69. The van der Waals surface area contributed by atoms with Crippen LogP contribution < -0.4 is 26.3 Å². The predicted molar refractivity (Wildman–Crippen MR) is 115 cm³/mol. The van der Waals surface area contributed by atoms with Crippen molar-refractivity contribution in [1.82, 2.24) is 5.32 Å². The van der Waals surface area contributed by atoms with Gasteiger partial charge < -0.3 is 26.3 Å². The second-order valence-corrected chi connectivity index (χ2v) is 6.30. The number of hydrogen-bond donors (Lipinski definition) is 3. The minimum absolute atomic E-state index is 0.160. The van der Waals surface area contributed by atoms with E-state index in [0.29, 0.717) is 35.2 Å². The summed E-state index contributed by atoms with van der Waals surface area (Å²) in [4.78, 5) is 12.1. The van der Waals surface area contributed by atoms with E-state index in [-0.39, 0.29) is 18.5 Å². The molecule has 0 radical (unpaired) electrons. The Kier molecular flexibility index (Phi) is 8.78. The smallest absolute Gasteiger partial charge is 0.257 e. The molecule has 0 saturated heterocycles. The summed E-state index contributed by atoms with van der Waals surface area (Å²) in [7, 11) is 0. The van der Waals surface area contributed by atoms with E-state index in [0.717, 1.165) is 12.0 Å². The molecule has 2 rings (SSSR count). The third kappa shape index (κ3) is 7.71. The molecule has 0 heterocycles. The molecule has 9 heteroatoms. The average molecular weight is 418 g/mol. The van der Waals surface area contributed by atoms with E-state index in [4.69, 9.17) is 32.5 Å². The summed E-state index contributed by atoms with van der Waals surface area (Å²) in [5.41, 5.74) is 12.2. The third-order valence-corrected chi connectivity index (χ3v) is 4.00. The molecular weight excluding hydrogens is 394 g/mol.